The molecule has 0 aromatic carbocycles. The number of carbonyl (C=O) groups is 8. The number of amides is 8. The van der Waals surface area contributed by atoms with Gasteiger partial charge in [0, 0.05) is 56.5 Å². The summed E-state index contributed by atoms with van der Waals surface area (Å²) in [7, 11) is -1.89. The van der Waals surface area contributed by atoms with Crippen molar-refractivity contribution in [2.45, 2.75) is 278 Å². The molecule has 0 bridgehead atoms. The quantitative estimate of drug-likeness (QED) is 0.0120. The lowest BCUT2D eigenvalue weighted by atomic mass is 9.97. The van der Waals surface area contributed by atoms with Gasteiger partial charge in [-0.3, -0.25) is 38.4 Å². The lowest BCUT2D eigenvalue weighted by Gasteiger charge is -2.42. The van der Waals surface area contributed by atoms with Gasteiger partial charge in [0.15, 0.2) is 24.2 Å². The second-order valence-corrected chi connectivity index (χ2v) is 32.3. The van der Waals surface area contributed by atoms with Crippen LogP contribution in [0.3, 0.4) is 0 Å². The van der Waals surface area contributed by atoms with Crippen LogP contribution in [0.2, 0.25) is 0 Å². The third kappa shape index (κ3) is 51.4. The molecule has 3 heterocycles. The molecule has 0 saturated carbocycles. The number of unbranched alkanes of at least 4 members (excludes halogenated alkanes) is 15. The van der Waals surface area contributed by atoms with Crippen LogP contribution in [0.25, 0.3) is 0 Å². The van der Waals surface area contributed by atoms with Gasteiger partial charge in [-0.15, -0.1) is 0 Å². The molecular formula is C79H147N9O33S2. The summed E-state index contributed by atoms with van der Waals surface area (Å²) in [4.78, 5) is 104. The monoisotopic (exact) mass is 1810 g/mol. The number of nitrogens with two attached hydrogens (primary N) is 1. The van der Waals surface area contributed by atoms with E-state index in [-0.39, 0.29) is 183 Å². The van der Waals surface area contributed by atoms with E-state index in [0.717, 1.165) is 25.7 Å². The topological polar surface area (TPSA) is 602 Å². The summed E-state index contributed by atoms with van der Waals surface area (Å²) in [5.41, 5.74) is 5.89. The van der Waals surface area contributed by atoms with Crippen LogP contribution >= 0.6 is 11.7 Å². The van der Waals surface area contributed by atoms with Gasteiger partial charge in [-0.25, -0.2) is 0 Å². The summed E-state index contributed by atoms with van der Waals surface area (Å²) >= 11 is 4.21. The van der Waals surface area contributed by atoms with Crippen molar-refractivity contribution in [2.75, 3.05) is 178 Å². The van der Waals surface area contributed by atoms with Crippen molar-refractivity contribution in [1.29, 1.82) is 0 Å². The van der Waals surface area contributed by atoms with E-state index in [0.29, 0.717) is 38.6 Å². The van der Waals surface area contributed by atoms with E-state index >= 15 is 0 Å². The smallest absolute Gasteiger partial charge is 0.246 e. The standard InChI is InChI=1S/C79H147N9O33S2/c1-4-5-6-7-8-9-10-11-12-13-14-15-16-25-61(94)81-27-22-19-26-65(123(106)122)88-76(105)57(24-18-21-29-83-63(96)52-114-39-36-107-30-33-110-42-45-116-77-66(80)72(101)69(98)58(48-89)119-77)87-75(104)56(86-64(97)53-115-41-38-109-32-35-112-44-47-118-79-68(85-55(3)93)74(103)71(100)60(50-91)121-79)23-17-20-28-82-62(95)51-113-40-37-108-31-34-111-43-46-117-78-67(84-54(2)92)73(102)70(99)59(49-90)120-78/h56-60,65-74,77-79,89-91,98-103H,4-53,80H2,1-3H3,(H,81,94)(H,82,95)(H,83,96)(H,84,92)(H,85,93)(H,86,97)(H,87,104)(H,88,105)(H,106,122)/t56?,57?,58-,59-,60-,65?,66-,67-,68-,69+,70+,71+,72-,73-,74-,77-,78-,79-,123?/m1/s1. The third-order valence-corrected chi connectivity index (χ3v) is 21.5. The third-order valence-electron chi connectivity index (χ3n) is 19.9. The van der Waals surface area contributed by atoms with Crippen LogP contribution in [-0.2, 0) is 120 Å². The lowest BCUT2D eigenvalue weighted by Crippen LogP contribution is -2.64. The van der Waals surface area contributed by atoms with Gasteiger partial charge >= 0.3 is 0 Å². The Balaban J connectivity index is 1.57. The summed E-state index contributed by atoms with van der Waals surface area (Å²) in [6.07, 6.45) is 2.91. The fourth-order valence-electron chi connectivity index (χ4n) is 13.1. The largest absolute Gasteiger partial charge is 0.604 e. The maximum atomic E-state index is 14.5. The van der Waals surface area contributed by atoms with Gasteiger partial charge in [-0.1, -0.05) is 84.0 Å². The number of hydrogen-bond acceptors (Lipinski definition) is 35. The first kappa shape index (κ1) is 113. The van der Waals surface area contributed by atoms with Gasteiger partial charge in [0.1, 0.15) is 98.9 Å². The van der Waals surface area contributed by atoms with E-state index in [1.54, 1.807) is 0 Å². The minimum atomic E-state index is -1.89. The van der Waals surface area contributed by atoms with Crippen molar-refractivity contribution in [1.82, 2.24) is 42.5 Å². The zero-order valence-electron chi connectivity index (χ0n) is 72.0. The summed E-state index contributed by atoms with van der Waals surface area (Å²) in [6.45, 7) is 3.83. The number of carbonyl (C=O) groups excluding carboxylic acids is 8. The van der Waals surface area contributed by atoms with Crippen LogP contribution in [-0.4, -0.2) is 385 Å². The first-order valence-electron chi connectivity index (χ1n) is 43.4. The number of aliphatic hydroxyl groups excluding tert-OH is 9. The van der Waals surface area contributed by atoms with Crippen LogP contribution in [0.5, 0.6) is 0 Å². The van der Waals surface area contributed by atoms with Crippen molar-refractivity contribution in [3.63, 3.8) is 0 Å². The van der Waals surface area contributed by atoms with E-state index in [4.69, 9.17) is 76.8 Å². The van der Waals surface area contributed by atoms with Gasteiger partial charge in [-0.2, -0.15) is 0 Å². The normalized spacial score (nSPS) is 23.7. The Morgan fingerprint density at radius 3 is 1.08 bits per heavy atom. The van der Waals surface area contributed by atoms with E-state index in [9.17, 15) is 88.9 Å². The van der Waals surface area contributed by atoms with Crippen LogP contribution in [0.4, 0.5) is 0 Å². The van der Waals surface area contributed by atoms with E-state index < -0.39 is 187 Å². The van der Waals surface area contributed by atoms with Crippen molar-refractivity contribution < 1.29 is 160 Å². The molecule has 19 N–H and O–H groups in total. The molecule has 44 heteroatoms. The Labute approximate surface area is 730 Å². The maximum absolute atomic E-state index is 14.5. The second kappa shape index (κ2) is 71.3. The molecule has 8 amide bonds. The number of ether oxygens (including phenoxy) is 15. The first-order valence-corrected chi connectivity index (χ1v) is 45.7. The molecular weight excluding hydrogens is 1670 g/mol. The van der Waals surface area contributed by atoms with Gasteiger partial charge in [0.05, 0.1) is 156 Å². The molecule has 0 aromatic heterocycles. The molecule has 3 aliphatic rings. The molecule has 3 aliphatic heterocycles. The average Bonchev–Trinajstić information content (AvgIpc) is 0.806. The molecule has 42 nitrogen and oxygen atoms in total. The highest BCUT2D eigenvalue weighted by molar-refractivity contribution is 8.63. The fourth-order valence-corrected chi connectivity index (χ4v) is 14.1. The molecule has 0 radical (unpaired) electrons. The molecule has 718 valence electrons. The minimum absolute atomic E-state index is 0.0128. The Kier molecular flexibility index (Phi) is 65.3. The molecule has 3 fully saturated rings. The highest BCUT2D eigenvalue weighted by Crippen LogP contribution is 2.26. The lowest BCUT2D eigenvalue weighted by molar-refractivity contribution is -0.272. The average molecular weight is 1820 g/mol. The van der Waals surface area contributed by atoms with Gasteiger partial charge in [0.2, 0.25) is 47.3 Å². The van der Waals surface area contributed by atoms with Crippen molar-refractivity contribution in [3.05, 3.63) is 0 Å². The Bertz CT molecular complexity index is 2780. The van der Waals surface area contributed by atoms with Crippen LogP contribution in [0.15, 0.2) is 0 Å². The number of nitrogens with one attached hydrogen (secondary N) is 8. The highest BCUT2D eigenvalue weighted by Gasteiger charge is 2.47. The maximum Gasteiger partial charge on any atom is 0.246 e. The zero-order valence-corrected chi connectivity index (χ0v) is 73.7. The van der Waals surface area contributed by atoms with Crippen LogP contribution in [0, 0.1) is 0 Å². The first-order chi connectivity index (χ1) is 59.4. The number of hydrogen-bond donors (Lipinski definition) is 19. The summed E-state index contributed by atoms with van der Waals surface area (Å²) in [5.74, 6) is -4.09. The predicted molar refractivity (Wildman–Crippen MR) is 446 cm³/mol. The van der Waals surface area contributed by atoms with Gasteiger partial charge in [0.25, 0.3) is 0 Å². The van der Waals surface area contributed by atoms with Gasteiger partial charge in [-0.05, 0) is 57.8 Å². The zero-order chi connectivity index (χ0) is 90.2. The van der Waals surface area contributed by atoms with Gasteiger partial charge < -0.3 is 170 Å². The SMILES string of the molecule is CCCCCCCCCCCCCCCC(=O)NCCCCC(NC(=O)C(CCCCNC(=O)COCCOCCOCCO[C@@H]1O[C@H](CO)[C@H](O)[C@H](O)[C@H]1N)NC(=O)C(CCCCNC(=O)COCCOCCOCCO[C@@H]1O[C@H](CO)[C@H](O)[C@H](O)[C@H]1NC(C)=O)NC(=O)COCCOCCOCCO[C@@H]1O[C@H](CO)[C@H](O)[C@H](O)[C@H]1NC(C)=O)[S+]([O-])S. The van der Waals surface area contributed by atoms with Crippen LogP contribution < -0.4 is 48.3 Å². The van der Waals surface area contributed by atoms with Crippen LogP contribution in [0.1, 0.15) is 168 Å². The second-order valence-electron chi connectivity index (χ2n) is 30.1. The van der Waals surface area contributed by atoms with Crippen molar-refractivity contribution >= 4 is 69.1 Å². The fraction of sp³-hybridized carbons (Fsp3) is 0.899. The Morgan fingerprint density at radius 1 is 0.382 bits per heavy atom. The summed E-state index contributed by atoms with van der Waals surface area (Å²) in [5, 5.41) is 111. The Morgan fingerprint density at radius 2 is 0.699 bits per heavy atom. The molecule has 3 rings (SSSR count). The minimum Gasteiger partial charge on any atom is -0.604 e. The summed E-state index contributed by atoms with van der Waals surface area (Å²) < 4.78 is 96.1. The van der Waals surface area contributed by atoms with E-state index in [2.05, 4.69) is 61.1 Å². The van der Waals surface area contributed by atoms with E-state index in [1.807, 2.05) is 0 Å². The van der Waals surface area contributed by atoms with E-state index in [1.165, 1.54) is 71.6 Å². The molecule has 0 spiro atoms. The Hall–Kier alpha value is -4.58. The molecule has 0 aliphatic carbocycles. The number of thiol groups is 1. The highest BCUT2D eigenvalue weighted by atomic mass is 33.1. The number of rotatable bonds is 76. The molecule has 19 atom stereocenters. The van der Waals surface area contributed by atoms with Crippen molar-refractivity contribution in [3.8, 4) is 0 Å². The predicted octanol–water partition coefficient (Wildman–Crippen LogP) is -3.81. The molecule has 3 saturated heterocycles. The van der Waals surface area contributed by atoms with Crippen molar-refractivity contribution in [2.24, 2.45) is 5.73 Å². The molecule has 123 heavy (non-hydrogen) atoms. The molecule has 4 unspecified atom stereocenters. The molecule has 0 aromatic rings. The summed E-state index contributed by atoms with van der Waals surface area (Å²) in [6, 6.07) is -5.79. The number of aliphatic hydroxyl groups is 9.